The van der Waals surface area contributed by atoms with Gasteiger partial charge in [0.25, 0.3) is 0 Å². The van der Waals surface area contributed by atoms with Crippen molar-refractivity contribution in [3.63, 3.8) is 0 Å². The molecule has 1 aliphatic heterocycles. The van der Waals surface area contributed by atoms with E-state index in [1.807, 2.05) is 0 Å². The topological polar surface area (TPSA) is 58.2 Å². The van der Waals surface area contributed by atoms with Crippen LogP contribution in [0.15, 0.2) is 0 Å². The second-order valence-corrected chi connectivity index (χ2v) is 7.25. The summed E-state index contributed by atoms with van der Waals surface area (Å²) in [4.78, 5) is 0. The van der Waals surface area contributed by atoms with Gasteiger partial charge in [-0.05, 0) is 38.1 Å². The highest BCUT2D eigenvalue weighted by atomic mass is 35.5. The van der Waals surface area contributed by atoms with E-state index in [9.17, 15) is 8.42 Å². The minimum atomic E-state index is -3.07. The minimum Gasteiger partial charge on any atom is -0.315 e. The van der Waals surface area contributed by atoms with Crippen molar-refractivity contribution in [1.29, 1.82) is 0 Å². The van der Waals surface area contributed by atoms with E-state index in [4.69, 9.17) is 0 Å². The van der Waals surface area contributed by atoms with Gasteiger partial charge in [0.05, 0.1) is 5.75 Å². The molecule has 1 heterocycles. The largest absolute Gasteiger partial charge is 0.315 e. The maximum absolute atomic E-state index is 12.0. The van der Waals surface area contributed by atoms with Crippen LogP contribution in [0.5, 0.6) is 0 Å². The van der Waals surface area contributed by atoms with Crippen LogP contribution in [0.4, 0.5) is 0 Å². The monoisotopic (exact) mass is 296 g/mol. The van der Waals surface area contributed by atoms with Crippen LogP contribution in [0.25, 0.3) is 0 Å². The van der Waals surface area contributed by atoms with Gasteiger partial charge in [-0.25, -0.2) is 13.1 Å². The Labute approximate surface area is 117 Å². The van der Waals surface area contributed by atoms with Gasteiger partial charge in [0.1, 0.15) is 0 Å². The second-order valence-electron chi connectivity index (χ2n) is 5.45. The van der Waals surface area contributed by atoms with Crippen molar-refractivity contribution >= 4 is 22.4 Å². The van der Waals surface area contributed by atoms with E-state index in [-0.39, 0.29) is 18.4 Å². The van der Waals surface area contributed by atoms with Crippen LogP contribution in [0.2, 0.25) is 0 Å². The van der Waals surface area contributed by atoms with E-state index in [0.717, 1.165) is 38.8 Å². The maximum atomic E-state index is 12.0. The van der Waals surface area contributed by atoms with Crippen LogP contribution >= 0.6 is 12.4 Å². The molecule has 2 fully saturated rings. The Bertz CT molecular complexity index is 297. The Balaban J connectivity index is 0.00000162. The third-order valence-electron chi connectivity index (χ3n) is 3.82. The van der Waals surface area contributed by atoms with Crippen molar-refractivity contribution in [2.75, 3.05) is 18.8 Å². The highest BCUT2D eigenvalue weighted by molar-refractivity contribution is 7.89. The van der Waals surface area contributed by atoms with Crippen LogP contribution < -0.4 is 10.0 Å². The molecule has 0 bridgehead atoms. The first-order valence-electron chi connectivity index (χ1n) is 6.86. The normalized spacial score (nSPS) is 26.6. The lowest BCUT2D eigenvalue weighted by Crippen LogP contribution is -2.46. The fourth-order valence-corrected chi connectivity index (χ4v) is 4.68. The summed E-state index contributed by atoms with van der Waals surface area (Å²) in [7, 11) is -3.07. The molecule has 2 N–H and O–H groups in total. The van der Waals surface area contributed by atoms with Gasteiger partial charge in [-0.1, -0.05) is 19.3 Å². The zero-order valence-electron chi connectivity index (χ0n) is 10.9. The van der Waals surface area contributed by atoms with Gasteiger partial charge in [-0.15, -0.1) is 12.4 Å². The average Bonchev–Trinajstić information content (AvgIpc) is 2.30. The molecule has 0 radical (unpaired) electrons. The first kappa shape index (κ1) is 16.2. The molecule has 1 atom stereocenters. The number of sulfonamides is 1. The summed E-state index contributed by atoms with van der Waals surface area (Å²) < 4.78 is 26.9. The Morgan fingerprint density at radius 1 is 1.06 bits per heavy atom. The molecular formula is C12H25ClN2O2S. The van der Waals surface area contributed by atoms with Crippen LogP contribution in [-0.4, -0.2) is 33.3 Å². The van der Waals surface area contributed by atoms with Crippen LogP contribution in [-0.2, 0) is 10.0 Å². The van der Waals surface area contributed by atoms with Gasteiger partial charge < -0.3 is 5.32 Å². The van der Waals surface area contributed by atoms with Gasteiger partial charge in [0.2, 0.25) is 10.0 Å². The SMILES string of the molecule is Cl.O=S(=O)(CC1CCCCC1)NC1CCCNC1. The molecule has 0 aromatic carbocycles. The van der Waals surface area contributed by atoms with E-state index in [1.54, 1.807) is 0 Å². The van der Waals surface area contributed by atoms with E-state index in [0.29, 0.717) is 11.7 Å². The summed E-state index contributed by atoms with van der Waals surface area (Å²) in [5.74, 6) is 0.724. The number of nitrogens with one attached hydrogen (secondary N) is 2. The summed E-state index contributed by atoms with van der Waals surface area (Å²) in [6.45, 7) is 1.80. The lowest BCUT2D eigenvalue weighted by molar-refractivity contribution is 0.379. The number of piperidine rings is 1. The Morgan fingerprint density at radius 2 is 1.78 bits per heavy atom. The molecule has 0 amide bonds. The van der Waals surface area contributed by atoms with Crippen LogP contribution in [0.3, 0.4) is 0 Å². The number of hydrogen-bond acceptors (Lipinski definition) is 3. The van der Waals surface area contributed by atoms with Crippen molar-refractivity contribution in [3.05, 3.63) is 0 Å². The molecule has 2 aliphatic rings. The lowest BCUT2D eigenvalue weighted by atomic mass is 9.91. The van der Waals surface area contributed by atoms with Gasteiger partial charge in [-0.2, -0.15) is 0 Å². The molecule has 1 saturated heterocycles. The number of rotatable bonds is 4. The van der Waals surface area contributed by atoms with E-state index >= 15 is 0 Å². The first-order valence-corrected chi connectivity index (χ1v) is 8.52. The molecule has 1 saturated carbocycles. The van der Waals surface area contributed by atoms with E-state index < -0.39 is 10.0 Å². The molecule has 4 nitrogen and oxygen atoms in total. The van der Waals surface area contributed by atoms with Crippen molar-refractivity contribution < 1.29 is 8.42 Å². The van der Waals surface area contributed by atoms with Gasteiger partial charge in [-0.3, -0.25) is 0 Å². The predicted molar refractivity (Wildman–Crippen MR) is 76.6 cm³/mol. The quantitative estimate of drug-likeness (QED) is 0.829. The van der Waals surface area contributed by atoms with Gasteiger partial charge in [0, 0.05) is 12.6 Å². The molecule has 1 unspecified atom stereocenters. The van der Waals surface area contributed by atoms with Gasteiger partial charge >= 0.3 is 0 Å². The summed E-state index contributed by atoms with van der Waals surface area (Å²) in [6.07, 6.45) is 7.88. The molecule has 0 aromatic heterocycles. The maximum Gasteiger partial charge on any atom is 0.212 e. The zero-order valence-corrected chi connectivity index (χ0v) is 12.5. The van der Waals surface area contributed by atoms with E-state index in [2.05, 4.69) is 10.0 Å². The highest BCUT2D eigenvalue weighted by Crippen LogP contribution is 2.24. The molecule has 2 rings (SSSR count). The van der Waals surface area contributed by atoms with E-state index in [1.165, 1.54) is 19.3 Å². The second kappa shape index (κ2) is 7.68. The minimum absolute atomic E-state index is 0. The fraction of sp³-hybridized carbons (Fsp3) is 1.00. The predicted octanol–water partition coefficient (Wildman–Crippen LogP) is 1.66. The molecule has 1 aliphatic carbocycles. The van der Waals surface area contributed by atoms with Crippen LogP contribution in [0.1, 0.15) is 44.9 Å². The van der Waals surface area contributed by atoms with Crippen molar-refractivity contribution in [3.8, 4) is 0 Å². The molecule has 18 heavy (non-hydrogen) atoms. The highest BCUT2D eigenvalue weighted by Gasteiger charge is 2.24. The number of halogens is 1. The Kier molecular flexibility index (Phi) is 6.92. The summed E-state index contributed by atoms with van der Waals surface area (Å²) in [5, 5.41) is 3.23. The third-order valence-corrected chi connectivity index (χ3v) is 5.43. The smallest absolute Gasteiger partial charge is 0.212 e. The van der Waals surface area contributed by atoms with Crippen molar-refractivity contribution in [2.24, 2.45) is 5.92 Å². The molecular weight excluding hydrogens is 272 g/mol. The number of hydrogen-bond donors (Lipinski definition) is 2. The molecule has 108 valence electrons. The lowest BCUT2D eigenvalue weighted by Gasteiger charge is -2.26. The van der Waals surface area contributed by atoms with Crippen molar-refractivity contribution in [1.82, 2.24) is 10.0 Å². The summed E-state index contributed by atoms with van der Waals surface area (Å²) >= 11 is 0. The molecule has 6 heteroatoms. The summed E-state index contributed by atoms with van der Waals surface area (Å²) in [6, 6.07) is 0.109. The third kappa shape index (κ3) is 5.43. The average molecular weight is 297 g/mol. The Morgan fingerprint density at radius 3 is 2.39 bits per heavy atom. The van der Waals surface area contributed by atoms with Crippen LogP contribution in [0, 0.1) is 5.92 Å². The first-order chi connectivity index (χ1) is 8.16. The molecule has 0 aromatic rings. The standard InChI is InChI=1S/C12H24N2O2S.ClH/c15-17(16,10-11-5-2-1-3-6-11)14-12-7-4-8-13-9-12;/h11-14H,1-10H2;1H. The fourth-order valence-electron chi connectivity index (χ4n) is 2.92. The van der Waals surface area contributed by atoms with Gasteiger partial charge in [0.15, 0.2) is 0 Å². The summed E-state index contributed by atoms with van der Waals surface area (Å²) in [5.41, 5.74) is 0. The zero-order chi connectivity index (χ0) is 12.1. The molecule has 0 spiro atoms. The Hall–Kier alpha value is 0.160. The van der Waals surface area contributed by atoms with Crippen molar-refractivity contribution in [2.45, 2.75) is 51.0 Å².